The first kappa shape index (κ1) is 15.1. The van der Waals surface area contributed by atoms with Gasteiger partial charge in [-0.1, -0.05) is 18.2 Å². The summed E-state index contributed by atoms with van der Waals surface area (Å²) in [4.78, 5) is 16.7. The number of nitrogens with zero attached hydrogens (tertiary/aromatic N) is 5. The number of likely N-dealkylation sites (N-methyl/N-ethyl adjacent to an activating group) is 1. The molecule has 2 fully saturated rings. The molecule has 25 heavy (non-hydrogen) atoms. The molecule has 3 aliphatic heterocycles. The molecule has 2 saturated heterocycles. The number of para-hydroxylation sites is 1. The minimum Gasteiger partial charge on any atom is -0.366 e. The Labute approximate surface area is 149 Å². The lowest BCUT2D eigenvalue weighted by atomic mass is 10.0. The summed E-state index contributed by atoms with van der Waals surface area (Å²) in [7, 11) is 2.19. The van der Waals surface area contributed by atoms with E-state index < -0.39 is 0 Å². The van der Waals surface area contributed by atoms with E-state index in [1.54, 1.807) is 6.33 Å². The molecule has 2 aromatic rings. The first-order valence-electron chi connectivity index (χ1n) is 9.37. The van der Waals surface area contributed by atoms with Crippen LogP contribution in [0.25, 0.3) is 0 Å². The predicted molar refractivity (Wildman–Crippen MR) is 100.0 cm³/mol. The van der Waals surface area contributed by atoms with Crippen molar-refractivity contribution in [1.82, 2.24) is 14.9 Å². The highest BCUT2D eigenvalue weighted by atomic mass is 15.3. The molecule has 0 radical (unpaired) electrons. The highest BCUT2D eigenvalue weighted by Crippen LogP contribution is 2.38. The van der Waals surface area contributed by atoms with E-state index in [9.17, 15) is 0 Å². The first-order valence-corrected chi connectivity index (χ1v) is 9.37. The van der Waals surface area contributed by atoms with Crippen molar-refractivity contribution in [2.75, 3.05) is 43.0 Å². The van der Waals surface area contributed by atoms with Crippen LogP contribution in [0.1, 0.15) is 17.7 Å². The van der Waals surface area contributed by atoms with Crippen LogP contribution in [0.15, 0.2) is 36.7 Å². The van der Waals surface area contributed by atoms with Crippen LogP contribution >= 0.6 is 0 Å². The second-order valence-corrected chi connectivity index (χ2v) is 7.66. The predicted octanol–water partition coefficient (Wildman–Crippen LogP) is 2.18. The lowest BCUT2D eigenvalue weighted by Crippen LogP contribution is -2.36. The Bertz CT molecular complexity index is 762. The maximum atomic E-state index is 4.70. The zero-order valence-corrected chi connectivity index (χ0v) is 14.8. The third-order valence-electron chi connectivity index (χ3n) is 6.11. The lowest BCUT2D eigenvalue weighted by Gasteiger charge is -2.30. The standard InChI is InChI=1S/C20H25N5/c1-23-9-8-18-17(12-23)20(22-14-21-18)24-11-15-7-10-25(19(15)13-24)16-5-3-2-4-6-16/h2-6,14-15,19H,7-13H2,1H3/t15-,19+/m0/s1. The largest absolute Gasteiger partial charge is 0.366 e. The second kappa shape index (κ2) is 5.99. The van der Waals surface area contributed by atoms with Crippen LogP contribution in [0.3, 0.4) is 0 Å². The molecular weight excluding hydrogens is 310 g/mol. The Morgan fingerprint density at radius 2 is 1.92 bits per heavy atom. The Balaban J connectivity index is 1.42. The fraction of sp³-hybridized carbons (Fsp3) is 0.500. The number of anilines is 2. The Hall–Kier alpha value is -2.14. The fourth-order valence-electron chi connectivity index (χ4n) is 4.81. The summed E-state index contributed by atoms with van der Waals surface area (Å²) in [5.41, 5.74) is 3.96. The average molecular weight is 335 g/mol. The van der Waals surface area contributed by atoms with Crippen molar-refractivity contribution in [3.05, 3.63) is 47.9 Å². The van der Waals surface area contributed by atoms with Gasteiger partial charge in [0.1, 0.15) is 12.1 Å². The van der Waals surface area contributed by atoms with Crippen LogP contribution < -0.4 is 9.80 Å². The summed E-state index contributed by atoms with van der Waals surface area (Å²) in [6, 6.07) is 11.5. The minimum absolute atomic E-state index is 0.606. The van der Waals surface area contributed by atoms with E-state index in [1.807, 2.05) is 0 Å². The quantitative estimate of drug-likeness (QED) is 0.841. The van der Waals surface area contributed by atoms with Gasteiger partial charge in [-0.3, -0.25) is 0 Å². The summed E-state index contributed by atoms with van der Waals surface area (Å²) in [6.45, 7) is 5.45. The number of hydrogen-bond donors (Lipinski definition) is 0. The summed E-state index contributed by atoms with van der Waals surface area (Å²) < 4.78 is 0. The van der Waals surface area contributed by atoms with Gasteiger partial charge in [0.05, 0.1) is 11.7 Å². The lowest BCUT2D eigenvalue weighted by molar-refractivity contribution is 0.309. The number of aromatic nitrogens is 2. The van der Waals surface area contributed by atoms with Gasteiger partial charge in [-0.2, -0.15) is 0 Å². The molecule has 130 valence electrons. The van der Waals surface area contributed by atoms with Crippen molar-refractivity contribution in [2.45, 2.75) is 25.4 Å². The van der Waals surface area contributed by atoms with Crippen LogP contribution in [0.4, 0.5) is 11.5 Å². The van der Waals surface area contributed by atoms with Crippen LogP contribution in [-0.2, 0) is 13.0 Å². The molecule has 4 heterocycles. The molecular formula is C20H25N5. The molecule has 3 aliphatic rings. The molecule has 0 unspecified atom stereocenters. The SMILES string of the molecule is CN1CCc2ncnc(N3C[C@@H]4CCN(c5ccccc5)[C@@H]4C3)c2C1. The van der Waals surface area contributed by atoms with E-state index in [0.29, 0.717) is 6.04 Å². The van der Waals surface area contributed by atoms with Crippen molar-refractivity contribution < 1.29 is 0 Å². The summed E-state index contributed by atoms with van der Waals surface area (Å²) >= 11 is 0. The topological polar surface area (TPSA) is 35.5 Å². The third-order valence-corrected chi connectivity index (χ3v) is 6.11. The smallest absolute Gasteiger partial charge is 0.136 e. The summed E-state index contributed by atoms with van der Waals surface area (Å²) in [5, 5.41) is 0. The van der Waals surface area contributed by atoms with Crippen molar-refractivity contribution in [1.29, 1.82) is 0 Å². The van der Waals surface area contributed by atoms with Crippen LogP contribution in [0.5, 0.6) is 0 Å². The number of fused-ring (bicyclic) bond motifs is 2. The van der Waals surface area contributed by atoms with E-state index in [2.05, 4.69) is 57.1 Å². The highest BCUT2D eigenvalue weighted by Gasteiger charge is 2.42. The van der Waals surface area contributed by atoms with Crippen molar-refractivity contribution >= 4 is 11.5 Å². The zero-order valence-electron chi connectivity index (χ0n) is 14.8. The van der Waals surface area contributed by atoms with E-state index >= 15 is 0 Å². The Kier molecular flexibility index (Phi) is 3.63. The molecule has 5 rings (SSSR count). The van der Waals surface area contributed by atoms with Gasteiger partial charge in [-0.25, -0.2) is 9.97 Å². The molecule has 5 heteroatoms. The maximum Gasteiger partial charge on any atom is 0.136 e. The number of rotatable bonds is 2. The van der Waals surface area contributed by atoms with Gasteiger partial charge in [0.2, 0.25) is 0 Å². The highest BCUT2D eigenvalue weighted by molar-refractivity contribution is 5.54. The van der Waals surface area contributed by atoms with E-state index in [0.717, 1.165) is 38.5 Å². The van der Waals surface area contributed by atoms with Gasteiger partial charge in [-0.15, -0.1) is 0 Å². The van der Waals surface area contributed by atoms with Crippen LogP contribution in [-0.4, -0.2) is 54.1 Å². The second-order valence-electron chi connectivity index (χ2n) is 7.66. The zero-order chi connectivity index (χ0) is 16.8. The Morgan fingerprint density at radius 3 is 2.80 bits per heavy atom. The average Bonchev–Trinajstić information content (AvgIpc) is 3.22. The summed E-state index contributed by atoms with van der Waals surface area (Å²) in [5.74, 6) is 1.92. The van der Waals surface area contributed by atoms with Gasteiger partial charge < -0.3 is 14.7 Å². The van der Waals surface area contributed by atoms with Crippen LogP contribution in [0.2, 0.25) is 0 Å². The molecule has 0 amide bonds. The molecule has 1 aromatic carbocycles. The maximum absolute atomic E-state index is 4.70. The van der Waals surface area contributed by atoms with Crippen LogP contribution in [0, 0.1) is 5.92 Å². The molecule has 2 atom stereocenters. The Morgan fingerprint density at radius 1 is 1.04 bits per heavy atom. The molecule has 0 spiro atoms. The van der Waals surface area contributed by atoms with Gasteiger partial charge >= 0.3 is 0 Å². The van der Waals surface area contributed by atoms with Crippen molar-refractivity contribution in [2.24, 2.45) is 5.92 Å². The van der Waals surface area contributed by atoms with E-state index in [1.165, 1.54) is 35.7 Å². The first-order chi connectivity index (χ1) is 12.3. The molecule has 0 bridgehead atoms. The monoisotopic (exact) mass is 335 g/mol. The van der Waals surface area contributed by atoms with Gasteiger partial charge in [0, 0.05) is 56.3 Å². The van der Waals surface area contributed by atoms with Gasteiger partial charge in [0.25, 0.3) is 0 Å². The molecule has 0 saturated carbocycles. The molecule has 0 N–H and O–H groups in total. The molecule has 5 nitrogen and oxygen atoms in total. The van der Waals surface area contributed by atoms with Crippen molar-refractivity contribution in [3.63, 3.8) is 0 Å². The minimum atomic E-state index is 0.606. The summed E-state index contributed by atoms with van der Waals surface area (Å²) in [6.07, 6.45) is 4.09. The molecule has 1 aromatic heterocycles. The third kappa shape index (κ3) is 2.58. The number of benzene rings is 1. The van der Waals surface area contributed by atoms with Crippen molar-refractivity contribution in [3.8, 4) is 0 Å². The number of hydrogen-bond acceptors (Lipinski definition) is 5. The normalized spacial score (nSPS) is 26.0. The van der Waals surface area contributed by atoms with Gasteiger partial charge in [-0.05, 0) is 25.6 Å². The van der Waals surface area contributed by atoms with Gasteiger partial charge in [0.15, 0.2) is 0 Å². The molecule has 0 aliphatic carbocycles. The van der Waals surface area contributed by atoms with E-state index in [4.69, 9.17) is 4.98 Å². The van der Waals surface area contributed by atoms with E-state index in [-0.39, 0.29) is 0 Å². The fourth-order valence-corrected chi connectivity index (χ4v) is 4.81.